The minimum absolute atomic E-state index is 0.0268. The Balaban J connectivity index is 1.57. The fourth-order valence-electron chi connectivity index (χ4n) is 4.41. The predicted octanol–water partition coefficient (Wildman–Crippen LogP) is 4.61. The normalized spacial score (nSPS) is 18.7. The summed E-state index contributed by atoms with van der Waals surface area (Å²) in [5, 5.41) is 2.68. The average molecular weight is 461 g/mol. The highest BCUT2D eigenvalue weighted by Gasteiger charge is 2.37. The molecule has 4 rings (SSSR count). The SMILES string of the molecule is COc1ccc(C)cc1N1CC(C(=O)Nc2cc(C(F)(F)F)ccc2N2CCCC2)CC1=O. The zero-order chi connectivity index (χ0) is 23.8. The molecule has 2 fully saturated rings. The van der Waals surface area contributed by atoms with E-state index in [9.17, 15) is 22.8 Å². The number of nitrogens with zero attached hydrogens (tertiary/aromatic N) is 2. The third-order valence-electron chi connectivity index (χ3n) is 6.15. The van der Waals surface area contributed by atoms with Crippen LogP contribution < -0.4 is 19.9 Å². The fraction of sp³-hybridized carbons (Fsp3) is 0.417. The van der Waals surface area contributed by atoms with Crippen LogP contribution in [0.25, 0.3) is 0 Å². The summed E-state index contributed by atoms with van der Waals surface area (Å²) in [6, 6.07) is 8.86. The molecule has 176 valence electrons. The lowest BCUT2D eigenvalue weighted by Gasteiger charge is -2.24. The summed E-state index contributed by atoms with van der Waals surface area (Å²) < 4.78 is 45.3. The van der Waals surface area contributed by atoms with Gasteiger partial charge in [-0.3, -0.25) is 9.59 Å². The van der Waals surface area contributed by atoms with E-state index in [0.717, 1.165) is 43.6 Å². The lowest BCUT2D eigenvalue weighted by Crippen LogP contribution is -2.29. The van der Waals surface area contributed by atoms with E-state index < -0.39 is 23.6 Å². The minimum atomic E-state index is -4.52. The highest BCUT2D eigenvalue weighted by atomic mass is 19.4. The number of carbonyl (C=O) groups is 2. The monoisotopic (exact) mass is 461 g/mol. The second kappa shape index (κ2) is 8.96. The molecule has 2 aliphatic rings. The molecule has 0 aliphatic carbocycles. The first kappa shape index (κ1) is 22.9. The Kier molecular flexibility index (Phi) is 6.23. The molecule has 6 nitrogen and oxygen atoms in total. The van der Waals surface area contributed by atoms with Gasteiger partial charge in [-0.2, -0.15) is 13.2 Å². The van der Waals surface area contributed by atoms with E-state index in [1.165, 1.54) is 18.1 Å². The molecule has 2 amide bonds. The first-order valence-corrected chi connectivity index (χ1v) is 10.9. The number of hydrogen-bond acceptors (Lipinski definition) is 4. The zero-order valence-corrected chi connectivity index (χ0v) is 18.5. The van der Waals surface area contributed by atoms with E-state index in [4.69, 9.17) is 4.74 Å². The summed E-state index contributed by atoms with van der Waals surface area (Å²) in [6.07, 6.45) is -2.66. The Morgan fingerprint density at radius 2 is 1.82 bits per heavy atom. The molecule has 0 bridgehead atoms. The predicted molar refractivity (Wildman–Crippen MR) is 120 cm³/mol. The molecular formula is C24H26F3N3O3. The number of anilines is 3. The Morgan fingerprint density at radius 1 is 1.09 bits per heavy atom. The number of halogens is 3. The van der Waals surface area contributed by atoms with E-state index >= 15 is 0 Å². The second-order valence-corrected chi connectivity index (χ2v) is 8.49. The summed E-state index contributed by atoms with van der Waals surface area (Å²) >= 11 is 0. The first-order valence-electron chi connectivity index (χ1n) is 10.9. The minimum Gasteiger partial charge on any atom is -0.495 e. The van der Waals surface area contributed by atoms with Gasteiger partial charge < -0.3 is 19.9 Å². The lowest BCUT2D eigenvalue weighted by atomic mass is 10.1. The number of hydrogen-bond donors (Lipinski definition) is 1. The van der Waals surface area contributed by atoms with E-state index in [-0.39, 0.29) is 24.6 Å². The van der Waals surface area contributed by atoms with Gasteiger partial charge in [-0.1, -0.05) is 6.07 Å². The van der Waals surface area contributed by atoms with Gasteiger partial charge in [0.25, 0.3) is 0 Å². The molecule has 0 saturated carbocycles. The van der Waals surface area contributed by atoms with E-state index in [1.807, 2.05) is 24.0 Å². The van der Waals surface area contributed by atoms with Crippen molar-refractivity contribution in [3.63, 3.8) is 0 Å². The van der Waals surface area contributed by atoms with E-state index in [0.29, 0.717) is 17.1 Å². The summed E-state index contributed by atoms with van der Waals surface area (Å²) in [4.78, 5) is 29.3. The van der Waals surface area contributed by atoms with Crippen molar-refractivity contribution in [1.29, 1.82) is 0 Å². The third kappa shape index (κ3) is 4.77. The highest BCUT2D eigenvalue weighted by molar-refractivity contribution is 6.05. The molecule has 1 unspecified atom stereocenters. The standard InChI is InChI=1S/C24H26F3N3O3/c1-15-5-8-21(33-2)20(11-15)30-14-16(12-22(30)31)23(32)28-18-13-17(24(25,26)27)6-7-19(18)29-9-3-4-10-29/h5-8,11,13,16H,3-4,9-10,12,14H2,1-2H3,(H,28,32). The van der Waals surface area contributed by atoms with Crippen LogP contribution in [0.5, 0.6) is 5.75 Å². The van der Waals surface area contributed by atoms with Crippen LogP contribution in [0.4, 0.5) is 30.2 Å². The van der Waals surface area contributed by atoms with Gasteiger partial charge in [0.15, 0.2) is 0 Å². The molecule has 33 heavy (non-hydrogen) atoms. The van der Waals surface area contributed by atoms with Crippen LogP contribution in [-0.2, 0) is 15.8 Å². The number of ether oxygens (including phenoxy) is 1. The molecule has 2 aromatic rings. The Labute approximate surface area is 190 Å². The van der Waals surface area contributed by atoms with Gasteiger partial charge in [0, 0.05) is 26.1 Å². The van der Waals surface area contributed by atoms with Crippen molar-refractivity contribution >= 4 is 28.9 Å². The molecule has 1 N–H and O–H groups in total. The van der Waals surface area contributed by atoms with Crippen LogP contribution in [0.1, 0.15) is 30.4 Å². The number of amides is 2. The van der Waals surface area contributed by atoms with Crippen LogP contribution in [0.3, 0.4) is 0 Å². The van der Waals surface area contributed by atoms with E-state index in [2.05, 4.69) is 5.32 Å². The number of methoxy groups -OCH3 is 1. The molecule has 9 heteroatoms. The topological polar surface area (TPSA) is 61.9 Å². The largest absolute Gasteiger partial charge is 0.495 e. The smallest absolute Gasteiger partial charge is 0.416 e. The summed E-state index contributed by atoms with van der Waals surface area (Å²) in [6.45, 7) is 3.46. The van der Waals surface area contributed by atoms with Crippen LogP contribution in [-0.4, -0.2) is 38.6 Å². The van der Waals surface area contributed by atoms with Crippen molar-refractivity contribution in [2.75, 3.05) is 41.9 Å². The number of aryl methyl sites for hydroxylation is 1. The van der Waals surface area contributed by atoms with Crippen LogP contribution in [0.15, 0.2) is 36.4 Å². The van der Waals surface area contributed by atoms with Crippen molar-refractivity contribution in [2.45, 2.75) is 32.4 Å². The van der Waals surface area contributed by atoms with Gasteiger partial charge in [0.2, 0.25) is 11.8 Å². The quantitative estimate of drug-likeness (QED) is 0.706. The van der Waals surface area contributed by atoms with Gasteiger partial charge in [-0.25, -0.2) is 0 Å². The molecule has 0 radical (unpaired) electrons. The number of benzene rings is 2. The lowest BCUT2D eigenvalue weighted by molar-refractivity contribution is -0.137. The van der Waals surface area contributed by atoms with Crippen LogP contribution in [0, 0.1) is 12.8 Å². The fourth-order valence-corrected chi connectivity index (χ4v) is 4.41. The molecule has 2 aromatic carbocycles. The van der Waals surface area contributed by atoms with Crippen LogP contribution >= 0.6 is 0 Å². The maximum absolute atomic E-state index is 13.3. The van der Waals surface area contributed by atoms with Crippen molar-refractivity contribution in [3.05, 3.63) is 47.5 Å². The van der Waals surface area contributed by atoms with Crippen LogP contribution in [0.2, 0.25) is 0 Å². The van der Waals surface area contributed by atoms with Gasteiger partial charge in [-0.15, -0.1) is 0 Å². The maximum atomic E-state index is 13.3. The number of carbonyl (C=O) groups excluding carboxylic acids is 2. The Hall–Kier alpha value is -3.23. The average Bonchev–Trinajstić information content (AvgIpc) is 3.43. The molecule has 0 aromatic heterocycles. The van der Waals surface area contributed by atoms with Crippen molar-refractivity contribution in [2.24, 2.45) is 5.92 Å². The van der Waals surface area contributed by atoms with Gasteiger partial charge in [0.1, 0.15) is 5.75 Å². The molecule has 1 atom stereocenters. The van der Waals surface area contributed by atoms with Gasteiger partial charge in [-0.05, 0) is 55.7 Å². The Morgan fingerprint density at radius 3 is 2.48 bits per heavy atom. The molecule has 2 heterocycles. The molecule has 2 saturated heterocycles. The zero-order valence-electron chi connectivity index (χ0n) is 18.5. The summed E-state index contributed by atoms with van der Waals surface area (Å²) in [5.74, 6) is -0.881. The van der Waals surface area contributed by atoms with Gasteiger partial charge in [0.05, 0.1) is 35.7 Å². The van der Waals surface area contributed by atoms with Crippen molar-refractivity contribution in [3.8, 4) is 5.75 Å². The molecule has 2 aliphatic heterocycles. The summed E-state index contributed by atoms with van der Waals surface area (Å²) in [5.41, 5.74) is 1.38. The van der Waals surface area contributed by atoms with Crippen molar-refractivity contribution in [1.82, 2.24) is 0 Å². The Bertz CT molecular complexity index is 1060. The van der Waals surface area contributed by atoms with Crippen molar-refractivity contribution < 1.29 is 27.5 Å². The van der Waals surface area contributed by atoms with Gasteiger partial charge >= 0.3 is 6.18 Å². The first-order chi connectivity index (χ1) is 15.7. The number of nitrogens with one attached hydrogen (secondary N) is 1. The van der Waals surface area contributed by atoms with E-state index in [1.54, 1.807) is 6.07 Å². The number of rotatable bonds is 5. The molecular weight excluding hydrogens is 435 g/mol. The second-order valence-electron chi connectivity index (χ2n) is 8.49. The summed E-state index contributed by atoms with van der Waals surface area (Å²) in [7, 11) is 1.51. The third-order valence-corrected chi connectivity index (χ3v) is 6.15. The number of alkyl halides is 3. The maximum Gasteiger partial charge on any atom is 0.416 e. The molecule has 0 spiro atoms. The highest BCUT2D eigenvalue weighted by Crippen LogP contribution is 2.38.